The summed E-state index contributed by atoms with van der Waals surface area (Å²) in [7, 11) is -2.86. The zero-order valence-corrected chi connectivity index (χ0v) is 13.1. The molecule has 15 heavy (non-hydrogen) atoms. The van der Waals surface area contributed by atoms with Crippen molar-refractivity contribution in [3.63, 3.8) is 0 Å². The lowest BCUT2D eigenvalue weighted by Gasteiger charge is -2.17. The Labute approximate surface area is 108 Å². The first-order chi connectivity index (χ1) is 6.99. The quantitative estimate of drug-likeness (QED) is 0.509. The van der Waals surface area contributed by atoms with E-state index >= 15 is 0 Å². The molecule has 0 N–H and O–H groups in total. The van der Waals surface area contributed by atoms with Crippen molar-refractivity contribution < 1.29 is 13.6 Å². The van der Waals surface area contributed by atoms with E-state index in [0.29, 0.717) is 25.3 Å². The Balaban J connectivity index is 2.50. The van der Waals surface area contributed by atoms with Crippen LogP contribution in [0.5, 0.6) is 0 Å². The molecule has 1 aliphatic carbocycles. The molecular formula is C9H17Br2O3P. The molecule has 1 aliphatic rings. The van der Waals surface area contributed by atoms with Gasteiger partial charge in [0.15, 0.2) is 0 Å². The molecular weight excluding hydrogens is 347 g/mol. The van der Waals surface area contributed by atoms with Gasteiger partial charge in [-0.2, -0.15) is 0 Å². The first-order valence-corrected chi connectivity index (χ1v) is 8.77. The highest BCUT2D eigenvalue weighted by Crippen LogP contribution is 2.61. The molecule has 1 fully saturated rings. The maximum Gasteiger partial charge on any atom is 0.330 e. The monoisotopic (exact) mass is 362 g/mol. The molecule has 0 aromatic carbocycles. The van der Waals surface area contributed by atoms with Crippen molar-refractivity contribution in [2.24, 2.45) is 5.92 Å². The molecule has 0 saturated heterocycles. The predicted octanol–water partition coefficient (Wildman–Crippen LogP) is 3.80. The lowest BCUT2D eigenvalue weighted by atomic mass is 10.4. The Bertz CT molecular complexity index is 252. The smallest absolute Gasteiger partial charge is 0.309 e. The lowest BCUT2D eigenvalue weighted by molar-refractivity contribution is 0.219. The Morgan fingerprint density at radius 2 is 1.93 bits per heavy atom. The van der Waals surface area contributed by atoms with Gasteiger partial charge < -0.3 is 9.05 Å². The maximum atomic E-state index is 12.2. The Hall–Kier alpha value is 1.11. The highest BCUT2D eigenvalue weighted by Gasteiger charge is 2.54. The Morgan fingerprint density at radius 1 is 1.40 bits per heavy atom. The van der Waals surface area contributed by atoms with Crippen LogP contribution in [-0.4, -0.2) is 29.0 Å². The number of rotatable bonds is 7. The molecule has 2 atom stereocenters. The summed E-state index contributed by atoms with van der Waals surface area (Å²) in [6.07, 6.45) is 1.55. The molecule has 1 rings (SSSR count). The third kappa shape index (κ3) is 3.81. The van der Waals surface area contributed by atoms with Crippen molar-refractivity contribution in [1.29, 1.82) is 0 Å². The van der Waals surface area contributed by atoms with Gasteiger partial charge in [-0.3, -0.25) is 4.57 Å². The van der Waals surface area contributed by atoms with Crippen LogP contribution in [0.1, 0.15) is 20.3 Å². The van der Waals surface area contributed by atoms with Crippen LogP contribution in [0.2, 0.25) is 0 Å². The minimum absolute atomic E-state index is 0.108. The lowest BCUT2D eigenvalue weighted by Crippen LogP contribution is -2.09. The maximum absolute atomic E-state index is 12.2. The molecule has 0 spiro atoms. The van der Waals surface area contributed by atoms with E-state index in [1.165, 1.54) is 0 Å². The molecule has 0 amide bonds. The highest BCUT2D eigenvalue weighted by molar-refractivity contribution is 9.12. The fourth-order valence-electron chi connectivity index (χ4n) is 1.55. The van der Waals surface area contributed by atoms with E-state index in [-0.39, 0.29) is 4.32 Å². The van der Waals surface area contributed by atoms with Gasteiger partial charge in [-0.25, -0.2) is 0 Å². The van der Waals surface area contributed by atoms with Crippen molar-refractivity contribution in [2.45, 2.75) is 24.6 Å². The molecule has 90 valence electrons. The summed E-state index contributed by atoms with van der Waals surface area (Å²) in [5.41, 5.74) is 0. The minimum Gasteiger partial charge on any atom is -0.309 e. The summed E-state index contributed by atoms with van der Waals surface area (Å²) < 4.78 is 22.8. The average Bonchev–Trinajstić information content (AvgIpc) is 2.78. The van der Waals surface area contributed by atoms with E-state index in [1.807, 2.05) is 13.8 Å². The highest BCUT2D eigenvalue weighted by atomic mass is 79.9. The van der Waals surface area contributed by atoms with E-state index < -0.39 is 7.60 Å². The zero-order valence-electron chi connectivity index (χ0n) is 9.04. The molecule has 2 unspecified atom stereocenters. The predicted molar refractivity (Wildman–Crippen MR) is 69.3 cm³/mol. The average molecular weight is 364 g/mol. The second kappa shape index (κ2) is 5.63. The van der Waals surface area contributed by atoms with E-state index in [9.17, 15) is 4.57 Å². The van der Waals surface area contributed by atoms with Crippen LogP contribution in [0, 0.1) is 5.92 Å². The number of halogens is 2. The van der Waals surface area contributed by atoms with Gasteiger partial charge in [0.25, 0.3) is 0 Å². The first kappa shape index (κ1) is 14.2. The van der Waals surface area contributed by atoms with E-state index in [0.717, 1.165) is 11.8 Å². The van der Waals surface area contributed by atoms with E-state index in [2.05, 4.69) is 31.9 Å². The minimum atomic E-state index is -2.86. The standard InChI is InChI=1S/C9H17Br2O3P/c1-3-13-15(12,14-4-2)6-8-5-9(8,11)7-10/h8H,3-7H2,1-2H3. The van der Waals surface area contributed by atoms with Crippen LogP contribution in [-0.2, 0) is 13.6 Å². The summed E-state index contributed by atoms with van der Waals surface area (Å²) in [5, 5.41) is 0.878. The van der Waals surface area contributed by atoms with E-state index in [1.54, 1.807) is 0 Å². The zero-order chi connectivity index (χ0) is 11.5. The van der Waals surface area contributed by atoms with Gasteiger partial charge in [0.05, 0.1) is 19.4 Å². The van der Waals surface area contributed by atoms with Crippen LogP contribution < -0.4 is 0 Å². The van der Waals surface area contributed by atoms with Gasteiger partial charge in [0.2, 0.25) is 0 Å². The van der Waals surface area contributed by atoms with Crippen LogP contribution in [0.25, 0.3) is 0 Å². The molecule has 0 radical (unpaired) electrons. The summed E-state index contributed by atoms with van der Waals surface area (Å²) in [5.74, 6) is 0.390. The van der Waals surface area contributed by atoms with Crippen molar-refractivity contribution in [2.75, 3.05) is 24.7 Å². The fourth-order valence-corrected chi connectivity index (χ4v) is 5.13. The number of alkyl halides is 2. The molecule has 3 nitrogen and oxygen atoms in total. The first-order valence-electron chi connectivity index (χ1n) is 5.12. The largest absolute Gasteiger partial charge is 0.330 e. The van der Waals surface area contributed by atoms with Crippen molar-refractivity contribution in [1.82, 2.24) is 0 Å². The van der Waals surface area contributed by atoms with Crippen LogP contribution in [0.3, 0.4) is 0 Å². The molecule has 0 heterocycles. The van der Waals surface area contributed by atoms with Crippen molar-refractivity contribution in [3.8, 4) is 0 Å². The SMILES string of the molecule is CCOP(=O)(CC1CC1(Br)CBr)OCC. The molecule has 1 saturated carbocycles. The molecule has 0 bridgehead atoms. The summed E-state index contributed by atoms with van der Waals surface area (Å²) in [6.45, 7) is 4.55. The van der Waals surface area contributed by atoms with Gasteiger partial charge in [-0.1, -0.05) is 31.9 Å². The normalized spacial score (nSPS) is 30.5. The topological polar surface area (TPSA) is 35.5 Å². The Kier molecular flexibility index (Phi) is 5.32. The summed E-state index contributed by atoms with van der Waals surface area (Å²) in [4.78, 5) is 0. The van der Waals surface area contributed by atoms with Crippen molar-refractivity contribution >= 4 is 39.5 Å². The molecule has 0 aliphatic heterocycles. The van der Waals surface area contributed by atoms with E-state index in [4.69, 9.17) is 9.05 Å². The third-order valence-corrected chi connectivity index (χ3v) is 7.67. The Morgan fingerprint density at radius 3 is 2.27 bits per heavy atom. The fraction of sp³-hybridized carbons (Fsp3) is 1.00. The second-order valence-electron chi connectivity index (χ2n) is 3.70. The second-order valence-corrected chi connectivity index (χ2v) is 7.94. The van der Waals surface area contributed by atoms with Crippen LogP contribution in [0.15, 0.2) is 0 Å². The van der Waals surface area contributed by atoms with Gasteiger partial charge in [0.1, 0.15) is 0 Å². The molecule has 0 aromatic rings. The number of hydrogen-bond acceptors (Lipinski definition) is 3. The van der Waals surface area contributed by atoms with Crippen LogP contribution >= 0.6 is 39.5 Å². The van der Waals surface area contributed by atoms with Crippen LogP contribution in [0.4, 0.5) is 0 Å². The molecule has 6 heteroatoms. The third-order valence-electron chi connectivity index (χ3n) is 2.48. The number of hydrogen-bond donors (Lipinski definition) is 0. The van der Waals surface area contributed by atoms with Gasteiger partial charge in [0, 0.05) is 9.65 Å². The van der Waals surface area contributed by atoms with Gasteiger partial charge in [-0.05, 0) is 26.2 Å². The molecule has 0 aromatic heterocycles. The summed E-state index contributed by atoms with van der Waals surface area (Å²) >= 11 is 7.07. The van der Waals surface area contributed by atoms with Gasteiger partial charge in [-0.15, -0.1) is 0 Å². The summed E-state index contributed by atoms with van der Waals surface area (Å²) in [6, 6.07) is 0. The van der Waals surface area contributed by atoms with Crippen molar-refractivity contribution in [3.05, 3.63) is 0 Å². The van der Waals surface area contributed by atoms with Gasteiger partial charge >= 0.3 is 7.60 Å².